The van der Waals surface area contributed by atoms with Gasteiger partial charge in [-0.15, -0.1) is 0 Å². The highest BCUT2D eigenvalue weighted by molar-refractivity contribution is 7.91. The van der Waals surface area contributed by atoms with E-state index in [0.717, 1.165) is 0 Å². The number of sulfonamides is 1. The van der Waals surface area contributed by atoms with E-state index in [0.29, 0.717) is 12.8 Å². The molecule has 1 saturated carbocycles. The highest BCUT2D eigenvalue weighted by Crippen LogP contribution is 2.42. The van der Waals surface area contributed by atoms with Crippen LogP contribution in [0.5, 0.6) is 0 Å². The van der Waals surface area contributed by atoms with Crippen molar-refractivity contribution < 1.29 is 18.3 Å². The lowest BCUT2D eigenvalue weighted by molar-refractivity contribution is -0.140. The summed E-state index contributed by atoms with van der Waals surface area (Å²) in [5.41, 5.74) is 0. The molecule has 0 aromatic heterocycles. The normalized spacial score (nSPS) is 21.3. The van der Waals surface area contributed by atoms with Gasteiger partial charge >= 0.3 is 5.97 Å². The molecule has 15 heavy (non-hydrogen) atoms. The molecule has 0 aromatic rings. The van der Waals surface area contributed by atoms with Gasteiger partial charge in [-0.3, -0.25) is 4.79 Å². The molecule has 1 aliphatic carbocycles. The van der Waals surface area contributed by atoms with E-state index in [1.165, 1.54) is 0 Å². The van der Waals surface area contributed by atoms with Crippen molar-refractivity contribution in [3.05, 3.63) is 0 Å². The number of hydrogen-bond acceptors (Lipinski definition) is 3. The van der Waals surface area contributed by atoms with E-state index in [9.17, 15) is 13.2 Å². The van der Waals surface area contributed by atoms with Crippen molar-refractivity contribution in [1.82, 2.24) is 4.72 Å². The van der Waals surface area contributed by atoms with Crippen LogP contribution in [-0.2, 0) is 14.8 Å². The molecule has 6 heteroatoms. The molecule has 0 spiro atoms. The monoisotopic (exact) mass is 235 g/mol. The third kappa shape index (κ3) is 2.49. The van der Waals surface area contributed by atoms with Gasteiger partial charge in [0.05, 0.1) is 4.75 Å². The van der Waals surface area contributed by atoms with Gasteiger partial charge in [-0.05, 0) is 25.7 Å². The molecule has 0 saturated heterocycles. The number of carbonyl (C=O) groups is 1. The fourth-order valence-electron chi connectivity index (χ4n) is 1.23. The van der Waals surface area contributed by atoms with Crippen LogP contribution >= 0.6 is 0 Å². The molecule has 0 aromatic carbocycles. The molecule has 1 atom stereocenters. The van der Waals surface area contributed by atoms with Crippen molar-refractivity contribution in [2.24, 2.45) is 5.92 Å². The zero-order chi connectivity index (χ0) is 11.9. The summed E-state index contributed by atoms with van der Waals surface area (Å²) < 4.78 is 25.0. The molecule has 1 rings (SSSR count). The molecule has 1 aliphatic rings. The molecule has 2 N–H and O–H groups in total. The van der Waals surface area contributed by atoms with Crippen molar-refractivity contribution in [1.29, 1.82) is 0 Å². The Labute approximate surface area is 89.9 Å². The zero-order valence-electron chi connectivity index (χ0n) is 9.15. The summed E-state index contributed by atoms with van der Waals surface area (Å²) in [6.45, 7) is 4.99. The lowest BCUT2D eigenvalue weighted by Gasteiger charge is -2.20. The summed E-state index contributed by atoms with van der Waals surface area (Å²) in [7, 11) is -3.51. The van der Waals surface area contributed by atoms with E-state index < -0.39 is 26.8 Å². The molecule has 0 radical (unpaired) electrons. The Hall–Kier alpha value is -0.620. The Bertz CT molecular complexity index is 356. The number of aliphatic carboxylic acids is 1. The average Bonchev–Trinajstić information content (AvgIpc) is 2.80. The van der Waals surface area contributed by atoms with E-state index >= 15 is 0 Å². The molecule has 0 aliphatic heterocycles. The first kappa shape index (κ1) is 12.4. The second kappa shape index (κ2) is 3.75. The number of hydrogen-bond donors (Lipinski definition) is 2. The number of carboxylic acids is 1. The van der Waals surface area contributed by atoms with E-state index in [-0.39, 0.29) is 5.92 Å². The largest absolute Gasteiger partial charge is 0.480 e. The van der Waals surface area contributed by atoms with Crippen LogP contribution in [0.3, 0.4) is 0 Å². The van der Waals surface area contributed by atoms with Crippen molar-refractivity contribution in [2.75, 3.05) is 0 Å². The maximum absolute atomic E-state index is 11.8. The quantitative estimate of drug-likeness (QED) is 0.729. The second-order valence-electron chi connectivity index (χ2n) is 4.63. The van der Waals surface area contributed by atoms with Crippen LogP contribution < -0.4 is 4.72 Å². The van der Waals surface area contributed by atoms with Crippen LogP contribution in [0.25, 0.3) is 0 Å². The van der Waals surface area contributed by atoms with Gasteiger partial charge in [-0.25, -0.2) is 13.1 Å². The molecule has 0 heterocycles. The summed E-state index contributed by atoms with van der Waals surface area (Å²) in [6, 6.07) is -1.03. The van der Waals surface area contributed by atoms with E-state index in [1.807, 2.05) is 0 Å². The predicted octanol–water partition coefficient (Wildman–Crippen LogP) is 0.567. The Morgan fingerprint density at radius 3 is 2.13 bits per heavy atom. The molecule has 5 nitrogen and oxygen atoms in total. The zero-order valence-corrected chi connectivity index (χ0v) is 9.97. The summed E-state index contributed by atoms with van der Waals surface area (Å²) in [5, 5.41) is 8.87. The predicted molar refractivity (Wildman–Crippen MR) is 56.0 cm³/mol. The van der Waals surface area contributed by atoms with Crippen LogP contribution in [0.1, 0.15) is 33.6 Å². The lowest BCUT2D eigenvalue weighted by Crippen LogP contribution is -2.47. The number of nitrogens with one attached hydrogen (secondary N) is 1. The highest BCUT2D eigenvalue weighted by Gasteiger charge is 2.51. The number of rotatable bonds is 5. The SMILES string of the molecule is CC(C)[C@@H](NS(=O)(=O)C1(C)CC1)C(=O)O. The minimum Gasteiger partial charge on any atom is -0.480 e. The van der Waals surface area contributed by atoms with Crippen molar-refractivity contribution in [3.63, 3.8) is 0 Å². The summed E-state index contributed by atoms with van der Waals surface area (Å²) in [6.07, 6.45) is 1.21. The van der Waals surface area contributed by atoms with E-state index in [2.05, 4.69) is 4.72 Å². The molecular formula is C9H17NO4S. The highest BCUT2D eigenvalue weighted by atomic mass is 32.2. The fraction of sp³-hybridized carbons (Fsp3) is 0.889. The smallest absolute Gasteiger partial charge is 0.321 e. The third-order valence-corrected chi connectivity index (χ3v) is 5.09. The third-order valence-electron chi connectivity index (χ3n) is 2.82. The van der Waals surface area contributed by atoms with Gasteiger partial charge < -0.3 is 5.11 Å². The van der Waals surface area contributed by atoms with Crippen molar-refractivity contribution in [2.45, 2.75) is 44.4 Å². The first-order valence-corrected chi connectivity index (χ1v) is 6.42. The summed E-state index contributed by atoms with van der Waals surface area (Å²) >= 11 is 0. The first-order chi connectivity index (χ1) is 6.69. The van der Waals surface area contributed by atoms with Gasteiger partial charge in [0.25, 0.3) is 0 Å². The standard InChI is InChI=1S/C9H17NO4S/c1-6(2)7(8(11)12)10-15(13,14)9(3)4-5-9/h6-7,10H,4-5H2,1-3H3,(H,11,12)/t7-/m1/s1. The first-order valence-electron chi connectivity index (χ1n) is 4.94. The molecule has 88 valence electrons. The van der Waals surface area contributed by atoms with Crippen LogP contribution in [0.4, 0.5) is 0 Å². The Balaban J connectivity index is 2.79. The van der Waals surface area contributed by atoms with Crippen LogP contribution in [-0.4, -0.2) is 30.3 Å². The van der Waals surface area contributed by atoms with Crippen LogP contribution in [0, 0.1) is 5.92 Å². The summed E-state index contributed by atoms with van der Waals surface area (Å²) in [5.74, 6) is -1.39. The van der Waals surface area contributed by atoms with E-state index in [4.69, 9.17) is 5.11 Å². The lowest BCUT2D eigenvalue weighted by atomic mass is 10.1. The minimum atomic E-state index is -3.51. The van der Waals surface area contributed by atoms with Gasteiger partial charge in [0, 0.05) is 0 Å². The number of carboxylic acid groups (broad SMARTS) is 1. The topological polar surface area (TPSA) is 83.5 Å². The fourth-order valence-corrected chi connectivity index (χ4v) is 2.86. The van der Waals surface area contributed by atoms with Gasteiger partial charge in [0.1, 0.15) is 6.04 Å². The molecular weight excluding hydrogens is 218 g/mol. The van der Waals surface area contributed by atoms with Crippen LogP contribution in [0.2, 0.25) is 0 Å². The van der Waals surface area contributed by atoms with Gasteiger partial charge in [-0.1, -0.05) is 13.8 Å². The van der Waals surface area contributed by atoms with Gasteiger partial charge in [0.15, 0.2) is 0 Å². The molecule has 0 amide bonds. The summed E-state index contributed by atoms with van der Waals surface area (Å²) in [4.78, 5) is 10.8. The maximum atomic E-state index is 11.8. The Morgan fingerprint density at radius 2 is 1.87 bits per heavy atom. The average molecular weight is 235 g/mol. The molecule has 0 bridgehead atoms. The van der Waals surface area contributed by atoms with Gasteiger partial charge in [-0.2, -0.15) is 0 Å². The molecule has 0 unspecified atom stereocenters. The van der Waals surface area contributed by atoms with E-state index in [1.54, 1.807) is 20.8 Å². The second-order valence-corrected chi connectivity index (χ2v) is 6.86. The minimum absolute atomic E-state index is 0.264. The molecule has 1 fully saturated rings. The maximum Gasteiger partial charge on any atom is 0.321 e. The van der Waals surface area contributed by atoms with Crippen molar-refractivity contribution in [3.8, 4) is 0 Å². The Morgan fingerprint density at radius 1 is 1.40 bits per heavy atom. The van der Waals surface area contributed by atoms with Crippen molar-refractivity contribution >= 4 is 16.0 Å². The van der Waals surface area contributed by atoms with Gasteiger partial charge in [0.2, 0.25) is 10.0 Å². The van der Waals surface area contributed by atoms with Crippen LogP contribution in [0.15, 0.2) is 0 Å². The Kier molecular flexibility index (Phi) is 3.11.